The summed E-state index contributed by atoms with van der Waals surface area (Å²) in [5, 5.41) is 26.1. The van der Waals surface area contributed by atoms with Crippen LogP contribution in [-0.2, 0) is 13.0 Å². The highest BCUT2D eigenvalue weighted by atomic mass is 16.6. The van der Waals surface area contributed by atoms with Gasteiger partial charge in [-0.25, -0.2) is 9.97 Å². The minimum absolute atomic E-state index is 0.0619. The van der Waals surface area contributed by atoms with E-state index < -0.39 is 11.0 Å². The number of aliphatic hydroxyl groups excluding tert-OH is 1. The lowest BCUT2D eigenvalue weighted by atomic mass is 10.0. The Morgan fingerprint density at radius 2 is 2.07 bits per heavy atom. The molecule has 11 nitrogen and oxygen atoms in total. The number of likely N-dealkylation sites (N-methyl/N-ethyl adjacent to an activating group) is 2. The Kier molecular flexibility index (Phi) is 8.29. The summed E-state index contributed by atoms with van der Waals surface area (Å²) in [6.45, 7) is 3.84. The topological polar surface area (TPSA) is 122 Å². The number of methoxy groups -OCH3 is 1. The van der Waals surface area contributed by atoms with Gasteiger partial charge in [-0.05, 0) is 39.4 Å². The van der Waals surface area contributed by atoms with Crippen molar-refractivity contribution < 1.29 is 14.8 Å². The fourth-order valence-electron chi connectivity index (χ4n) is 5.23. The molecular formula is C31H35N7O4. The largest absolute Gasteiger partial charge is 0.494 e. The molecule has 0 radical (unpaired) electrons. The zero-order valence-corrected chi connectivity index (χ0v) is 24.5. The Bertz CT molecular complexity index is 1700. The van der Waals surface area contributed by atoms with E-state index in [1.807, 2.05) is 30.9 Å². The van der Waals surface area contributed by atoms with Gasteiger partial charge in [0.15, 0.2) is 0 Å². The minimum Gasteiger partial charge on any atom is -0.494 e. The molecule has 0 saturated heterocycles. The van der Waals surface area contributed by atoms with Crippen LogP contribution in [0.3, 0.4) is 0 Å². The van der Waals surface area contributed by atoms with Crippen molar-refractivity contribution in [3.63, 3.8) is 0 Å². The Morgan fingerprint density at radius 3 is 2.79 bits per heavy atom. The monoisotopic (exact) mass is 569 g/mol. The molecule has 218 valence electrons. The second kappa shape index (κ2) is 12.1. The van der Waals surface area contributed by atoms with Gasteiger partial charge >= 0.3 is 0 Å². The Morgan fingerprint density at radius 1 is 1.26 bits per heavy atom. The van der Waals surface area contributed by atoms with E-state index in [-0.39, 0.29) is 11.6 Å². The van der Waals surface area contributed by atoms with E-state index in [2.05, 4.69) is 51.1 Å². The zero-order chi connectivity index (χ0) is 30.0. The molecule has 0 amide bonds. The Hall–Kier alpha value is -4.66. The van der Waals surface area contributed by atoms with Crippen molar-refractivity contribution in [2.45, 2.75) is 32.4 Å². The maximum atomic E-state index is 12.1. The van der Waals surface area contributed by atoms with Crippen molar-refractivity contribution in [1.82, 2.24) is 19.4 Å². The number of aromatic nitrogens is 3. The van der Waals surface area contributed by atoms with E-state index >= 15 is 0 Å². The van der Waals surface area contributed by atoms with Crippen LogP contribution in [0.25, 0.3) is 22.2 Å². The summed E-state index contributed by atoms with van der Waals surface area (Å²) in [4.78, 5) is 24.9. The maximum absolute atomic E-state index is 12.1. The molecule has 0 aliphatic carbocycles. The molecule has 42 heavy (non-hydrogen) atoms. The van der Waals surface area contributed by atoms with E-state index in [0.29, 0.717) is 34.9 Å². The zero-order valence-electron chi connectivity index (χ0n) is 24.5. The van der Waals surface area contributed by atoms with Gasteiger partial charge in [-0.1, -0.05) is 30.0 Å². The van der Waals surface area contributed by atoms with Crippen molar-refractivity contribution in [1.29, 1.82) is 0 Å². The number of aryl methyl sites for hydroxylation is 2. The number of aliphatic hydroxyl groups is 1. The third-order valence-electron chi connectivity index (χ3n) is 7.32. The van der Waals surface area contributed by atoms with Crippen molar-refractivity contribution in [3.8, 4) is 28.8 Å². The summed E-state index contributed by atoms with van der Waals surface area (Å²) in [6.07, 6.45) is 4.97. The summed E-state index contributed by atoms with van der Waals surface area (Å²) < 4.78 is 7.89. The van der Waals surface area contributed by atoms with Gasteiger partial charge in [0.1, 0.15) is 17.5 Å². The van der Waals surface area contributed by atoms with Gasteiger partial charge in [0, 0.05) is 62.2 Å². The molecule has 1 unspecified atom stereocenters. The normalized spacial score (nSPS) is 13.0. The highest BCUT2D eigenvalue weighted by molar-refractivity contribution is 5.98. The molecule has 5 rings (SSSR count). The lowest BCUT2D eigenvalue weighted by Crippen LogP contribution is -2.28. The summed E-state index contributed by atoms with van der Waals surface area (Å²) in [5.74, 6) is 6.48. The second-order valence-electron chi connectivity index (χ2n) is 10.7. The molecular weight excluding hydrogens is 534 g/mol. The summed E-state index contributed by atoms with van der Waals surface area (Å²) in [5.41, 5.74) is 5.32. The molecule has 0 spiro atoms. The summed E-state index contributed by atoms with van der Waals surface area (Å²) in [6, 6.07) is 9.40. The van der Waals surface area contributed by atoms with E-state index in [1.165, 1.54) is 24.3 Å². The van der Waals surface area contributed by atoms with Gasteiger partial charge in [-0.15, -0.1) is 0 Å². The number of nitrogens with zero attached hydrogens (tertiary/aromatic N) is 6. The molecule has 0 bridgehead atoms. The van der Waals surface area contributed by atoms with Crippen molar-refractivity contribution in [2.75, 3.05) is 51.6 Å². The number of rotatable bonds is 9. The van der Waals surface area contributed by atoms with Crippen LogP contribution in [0, 0.1) is 22.0 Å². The van der Waals surface area contributed by atoms with Crippen molar-refractivity contribution in [2.24, 2.45) is 0 Å². The lowest BCUT2D eigenvalue weighted by Gasteiger charge is -2.22. The van der Waals surface area contributed by atoms with Crippen molar-refractivity contribution in [3.05, 3.63) is 64.0 Å². The number of nitro groups is 1. The van der Waals surface area contributed by atoms with E-state index in [0.717, 1.165) is 36.9 Å². The molecule has 4 aromatic rings. The van der Waals surface area contributed by atoms with Gasteiger partial charge in [0.2, 0.25) is 5.95 Å². The first-order chi connectivity index (χ1) is 20.2. The predicted molar refractivity (Wildman–Crippen MR) is 165 cm³/mol. The standard InChI is InChI=1S/C31H35N7O4/c1-20(39)11-12-22-18-32-31(34-29(22)24-19-37-13-7-9-21-8-6-10-23(24)30(21)37)33-25-16-27(38(40)41)26(17-28(25)42-5)36(4)15-14-35(2)3/h6,8,10,16-20,39H,7,9,13-15H2,1-5H3,(H,32,33,34). The summed E-state index contributed by atoms with van der Waals surface area (Å²) in [7, 11) is 7.25. The number of ether oxygens (including phenoxy) is 1. The number of hydrogen-bond acceptors (Lipinski definition) is 9. The lowest BCUT2D eigenvalue weighted by molar-refractivity contribution is -0.384. The highest BCUT2D eigenvalue weighted by Crippen LogP contribution is 2.40. The molecule has 11 heteroatoms. The Balaban J connectivity index is 1.59. The first-order valence-electron chi connectivity index (χ1n) is 13.8. The Labute approximate surface area is 244 Å². The molecule has 0 saturated carbocycles. The minimum atomic E-state index is -0.815. The van der Waals surface area contributed by atoms with E-state index in [1.54, 1.807) is 19.2 Å². The van der Waals surface area contributed by atoms with Crippen molar-refractivity contribution >= 4 is 33.9 Å². The number of benzene rings is 2. The molecule has 0 fully saturated rings. The molecule has 2 aromatic carbocycles. The third-order valence-corrected chi connectivity index (χ3v) is 7.32. The first-order valence-corrected chi connectivity index (χ1v) is 13.8. The van der Waals surface area contributed by atoms with Crippen LogP contribution < -0.4 is 15.0 Å². The highest BCUT2D eigenvalue weighted by Gasteiger charge is 2.24. The van der Waals surface area contributed by atoms with Crippen LogP contribution in [0.2, 0.25) is 0 Å². The van der Waals surface area contributed by atoms with Crippen LogP contribution in [0.4, 0.5) is 23.0 Å². The second-order valence-corrected chi connectivity index (χ2v) is 10.7. The van der Waals surface area contributed by atoms with E-state index in [4.69, 9.17) is 9.72 Å². The number of nitrogens with one attached hydrogen (secondary N) is 1. The number of para-hydroxylation sites is 1. The SMILES string of the molecule is COc1cc(N(C)CCN(C)C)c([N+](=O)[O-])cc1Nc1ncc(C#CC(C)O)c(-c2cn3c4c(cccc24)CCC3)n1. The average Bonchev–Trinajstić information content (AvgIpc) is 3.35. The molecule has 1 aliphatic heterocycles. The molecule has 2 aromatic heterocycles. The molecule has 1 atom stereocenters. The van der Waals surface area contributed by atoms with Crippen LogP contribution in [-0.4, -0.2) is 76.9 Å². The van der Waals surface area contributed by atoms with Gasteiger partial charge in [0.05, 0.1) is 34.5 Å². The van der Waals surface area contributed by atoms with Crippen LogP contribution in [0.1, 0.15) is 24.5 Å². The first kappa shape index (κ1) is 28.9. The fraction of sp³-hybridized carbons (Fsp3) is 0.355. The van der Waals surface area contributed by atoms with Crippen LogP contribution in [0.5, 0.6) is 5.75 Å². The quantitative estimate of drug-likeness (QED) is 0.171. The number of anilines is 3. The number of hydrogen-bond donors (Lipinski definition) is 2. The van der Waals surface area contributed by atoms with E-state index in [9.17, 15) is 15.2 Å². The fourth-order valence-corrected chi connectivity index (χ4v) is 5.23. The van der Waals surface area contributed by atoms with Gasteiger partial charge in [-0.3, -0.25) is 10.1 Å². The smallest absolute Gasteiger partial charge is 0.294 e. The van der Waals surface area contributed by atoms with Gasteiger partial charge in [0.25, 0.3) is 5.69 Å². The van der Waals surface area contributed by atoms with Gasteiger partial charge in [-0.2, -0.15) is 0 Å². The number of nitro benzene ring substituents is 1. The van der Waals surface area contributed by atoms with Gasteiger partial charge < -0.3 is 29.5 Å². The molecule has 2 N–H and O–H groups in total. The molecule has 1 aliphatic rings. The predicted octanol–water partition coefficient (Wildman–Crippen LogP) is 4.44. The summed E-state index contributed by atoms with van der Waals surface area (Å²) >= 11 is 0. The average molecular weight is 570 g/mol. The molecule has 3 heterocycles. The van der Waals surface area contributed by atoms with Crippen LogP contribution >= 0.6 is 0 Å². The third kappa shape index (κ3) is 5.86. The van der Waals surface area contributed by atoms with Crippen LogP contribution in [0.15, 0.2) is 42.7 Å². The maximum Gasteiger partial charge on any atom is 0.294 e.